The van der Waals surface area contributed by atoms with E-state index in [2.05, 4.69) is 4.98 Å². The van der Waals surface area contributed by atoms with Crippen LogP contribution in [0.3, 0.4) is 0 Å². The highest BCUT2D eigenvalue weighted by Crippen LogP contribution is 2.33. The van der Waals surface area contributed by atoms with Crippen LogP contribution in [0.2, 0.25) is 10.0 Å². The van der Waals surface area contributed by atoms with Crippen LogP contribution in [-0.2, 0) is 12.3 Å². The van der Waals surface area contributed by atoms with Gasteiger partial charge in [-0.15, -0.1) is 11.8 Å². The molecule has 1 aromatic carbocycles. The van der Waals surface area contributed by atoms with Crippen LogP contribution in [0.5, 0.6) is 0 Å². The molecule has 5 nitrogen and oxygen atoms in total. The average Bonchev–Trinajstić information content (AvgIpc) is 2.44. The minimum Gasteiger partial charge on any atom is -0.427 e. The number of aryl methyl sites for hydroxylation is 1. The van der Waals surface area contributed by atoms with E-state index in [9.17, 15) is 5.21 Å². The summed E-state index contributed by atoms with van der Waals surface area (Å²) in [5, 5.41) is 18.4. The van der Waals surface area contributed by atoms with E-state index in [1.54, 1.807) is 6.07 Å². The third-order valence-electron chi connectivity index (χ3n) is 2.83. The van der Waals surface area contributed by atoms with Crippen molar-refractivity contribution in [1.29, 1.82) is 5.41 Å². The molecule has 21 heavy (non-hydrogen) atoms. The van der Waals surface area contributed by atoms with Crippen molar-refractivity contribution in [2.24, 2.45) is 5.73 Å². The van der Waals surface area contributed by atoms with Crippen LogP contribution in [-0.4, -0.2) is 14.9 Å². The molecule has 0 saturated carbocycles. The normalized spacial score (nSPS) is 10.9. The second kappa shape index (κ2) is 6.70. The molecule has 0 aliphatic rings. The van der Waals surface area contributed by atoms with Crippen molar-refractivity contribution < 1.29 is 5.21 Å². The van der Waals surface area contributed by atoms with Gasteiger partial charge in [-0.05, 0) is 24.6 Å². The molecule has 0 fully saturated rings. The topological polar surface area (TPSA) is 87.9 Å². The number of halogens is 2. The minimum absolute atomic E-state index is 0.0959. The van der Waals surface area contributed by atoms with Crippen LogP contribution in [0.25, 0.3) is 0 Å². The summed E-state index contributed by atoms with van der Waals surface area (Å²) < 4.78 is 0.722. The maximum atomic E-state index is 9.63. The molecule has 112 valence electrons. The molecule has 8 heteroatoms. The zero-order chi connectivity index (χ0) is 15.6. The highest BCUT2D eigenvalue weighted by Gasteiger charge is 2.08. The van der Waals surface area contributed by atoms with Crippen molar-refractivity contribution >= 4 is 35.0 Å². The Morgan fingerprint density at radius 2 is 2.10 bits per heavy atom. The van der Waals surface area contributed by atoms with E-state index in [0.717, 1.165) is 15.2 Å². The van der Waals surface area contributed by atoms with Gasteiger partial charge in [-0.25, -0.2) is 4.98 Å². The Kier molecular flexibility index (Phi) is 5.16. The Labute approximate surface area is 136 Å². The van der Waals surface area contributed by atoms with E-state index in [1.807, 2.05) is 13.0 Å². The van der Waals surface area contributed by atoms with Crippen LogP contribution in [0, 0.1) is 12.3 Å². The van der Waals surface area contributed by atoms with Crippen LogP contribution >= 0.6 is 35.0 Å². The summed E-state index contributed by atoms with van der Waals surface area (Å²) in [6.07, 6.45) is 1.39. The number of nitrogens with one attached hydrogen (secondary N) is 1. The van der Waals surface area contributed by atoms with Gasteiger partial charge < -0.3 is 10.9 Å². The van der Waals surface area contributed by atoms with Gasteiger partial charge in [0.15, 0.2) is 5.49 Å². The number of thioether (sulfide) groups is 1. The highest BCUT2D eigenvalue weighted by atomic mass is 35.5. The first-order valence-electron chi connectivity index (χ1n) is 6.06. The lowest BCUT2D eigenvalue weighted by atomic mass is 10.2. The minimum atomic E-state index is -0.105. The molecular weight excluding hydrogens is 331 g/mol. The second-order valence-electron chi connectivity index (χ2n) is 4.40. The summed E-state index contributed by atoms with van der Waals surface area (Å²) in [5.41, 5.74) is 7.30. The first-order chi connectivity index (χ1) is 9.92. The number of benzene rings is 1. The predicted octanol–water partition coefficient (Wildman–Crippen LogP) is 2.97. The van der Waals surface area contributed by atoms with Crippen molar-refractivity contribution in [2.45, 2.75) is 24.1 Å². The first-order valence-corrected chi connectivity index (χ1v) is 7.80. The zero-order valence-corrected chi connectivity index (χ0v) is 13.6. The monoisotopic (exact) mass is 344 g/mol. The second-order valence-corrected chi connectivity index (χ2v) is 6.23. The number of nitrogens with two attached hydrogens (primary N) is 1. The maximum Gasteiger partial charge on any atom is 0.183 e. The fourth-order valence-corrected chi connectivity index (χ4v) is 3.14. The average molecular weight is 345 g/mol. The lowest BCUT2D eigenvalue weighted by Crippen LogP contribution is -2.26. The molecule has 1 heterocycles. The summed E-state index contributed by atoms with van der Waals surface area (Å²) in [5.74, 6) is 0.495. The van der Waals surface area contributed by atoms with Gasteiger partial charge in [0.25, 0.3) is 0 Å². The molecule has 0 unspecified atom stereocenters. The SMILES string of the molecule is Cc1cc(SCc2cn(O)c(=N)c(CN)n2)c(Cl)cc1Cl. The van der Waals surface area contributed by atoms with E-state index in [-0.39, 0.29) is 12.0 Å². The van der Waals surface area contributed by atoms with Gasteiger partial charge in [0.05, 0.1) is 22.6 Å². The van der Waals surface area contributed by atoms with Crippen molar-refractivity contribution in [2.75, 3.05) is 0 Å². The Hall–Kier alpha value is -1.21. The van der Waals surface area contributed by atoms with E-state index < -0.39 is 0 Å². The highest BCUT2D eigenvalue weighted by molar-refractivity contribution is 7.98. The lowest BCUT2D eigenvalue weighted by Gasteiger charge is -2.09. The Morgan fingerprint density at radius 3 is 2.76 bits per heavy atom. The molecule has 4 N–H and O–H groups in total. The maximum absolute atomic E-state index is 9.63. The molecule has 0 bridgehead atoms. The van der Waals surface area contributed by atoms with Gasteiger partial charge in [-0.3, -0.25) is 5.41 Å². The molecule has 0 aliphatic heterocycles. The van der Waals surface area contributed by atoms with Gasteiger partial charge in [0.2, 0.25) is 0 Å². The molecule has 0 saturated heterocycles. The lowest BCUT2D eigenvalue weighted by molar-refractivity contribution is 0.167. The summed E-state index contributed by atoms with van der Waals surface area (Å²) >= 11 is 13.6. The Morgan fingerprint density at radius 1 is 1.38 bits per heavy atom. The van der Waals surface area contributed by atoms with Crippen molar-refractivity contribution in [1.82, 2.24) is 9.71 Å². The van der Waals surface area contributed by atoms with Crippen LogP contribution in [0.4, 0.5) is 0 Å². The largest absolute Gasteiger partial charge is 0.427 e. The first kappa shape index (κ1) is 16.2. The molecule has 0 aliphatic carbocycles. The fourth-order valence-electron chi connectivity index (χ4n) is 1.70. The Bertz CT molecular complexity index is 733. The molecular formula is C13H14Cl2N4OS. The molecule has 0 amide bonds. The molecule has 2 aromatic rings. The van der Waals surface area contributed by atoms with Gasteiger partial charge >= 0.3 is 0 Å². The number of hydrogen-bond donors (Lipinski definition) is 3. The fraction of sp³-hybridized carbons (Fsp3) is 0.231. The van der Waals surface area contributed by atoms with Crippen molar-refractivity contribution in [3.8, 4) is 0 Å². The summed E-state index contributed by atoms with van der Waals surface area (Å²) in [6, 6.07) is 3.61. The number of rotatable bonds is 4. The van der Waals surface area contributed by atoms with E-state index in [1.165, 1.54) is 18.0 Å². The number of nitrogens with zero attached hydrogens (tertiary/aromatic N) is 2. The predicted molar refractivity (Wildman–Crippen MR) is 83.9 cm³/mol. The van der Waals surface area contributed by atoms with Crippen molar-refractivity contribution in [3.63, 3.8) is 0 Å². The third kappa shape index (κ3) is 3.71. The standard InChI is InChI=1S/C13H14Cl2N4OS/c1-7-2-12(10(15)3-9(7)14)21-6-8-5-19(20)13(17)11(4-16)18-8/h2-3,5,17,20H,4,6,16H2,1H3. The van der Waals surface area contributed by atoms with Gasteiger partial charge in [-0.1, -0.05) is 23.2 Å². The Balaban J connectivity index is 2.23. The van der Waals surface area contributed by atoms with Crippen molar-refractivity contribution in [3.05, 3.63) is 50.8 Å². The van der Waals surface area contributed by atoms with Crippen LogP contribution < -0.4 is 11.2 Å². The van der Waals surface area contributed by atoms with Gasteiger partial charge in [0, 0.05) is 22.2 Å². The smallest absolute Gasteiger partial charge is 0.183 e. The molecule has 1 aromatic heterocycles. The zero-order valence-electron chi connectivity index (χ0n) is 11.2. The van der Waals surface area contributed by atoms with E-state index in [4.69, 9.17) is 34.3 Å². The van der Waals surface area contributed by atoms with Gasteiger partial charge in [-0.2, -0.15) is 4.73 Å². The molecule has 0 spiro atoms. The number of aromatic nitrogens is 2. The van der Waals surface area contributed by atoms with Crippen LogP contribution in [0.15, 0.2) is 23.2 Å². The summed E-state index contributed by atoms with van der Waals surface area (Å²) in [7, 11) is 0. The van der Waals surface area contributed by atoms with E-state index in [0.29, 0.717) is 27.2 Å². The molecule has 0 radical (unpaired) electrons. The quantitative estimate of drug-likeness (QED) is 0.587. The molecule has 2 rings (SSSR count). The van der Waals surface area contributed by atoms with Crippen LogP contribution in [0.1, 0.15) is 17.0 Å². The van der Waals surface area contributed by atoms with E-state index >= 15 is 0 Å². The summed E-state index contributed by atoms with van der Waals surface area (Å²) in [4.78, 5) is 5.14. The number of hydrogen-bond acceptors (Lipinski definition) is 5. The molecule has 0 atom stereocenters. The third-order valence-corrected chi connectivity index (χ3v) is 4.76. The van der Waals surface area contributed by atoms with Gasteiger partial charge in [0.1, 0.15) is 0 Å². The summed E-state index contributed by atoms with van der Waals surface area (Å²) in [6.45, 7) is 2.00.